The van der Waals surface area contributed by atoms with Gasteiger partial charge in [0.05, 0.1) is 15.1 Å². The molecule has 1 rings (SSSR count). The van der Waals surface area contributed by atoms with Crippen molar-refractivity contribution in [3.8, 4) is 0 Å². The van der Waals surface area contributed by atoms with Crippen molar-refractivity contribution in [2.75, 3.05) is 5.88 Å². The first-order valence-corrected chi connectivity index (χ1v) is 8.56. The molecule has 1 aromatic rings. The summed E-state index contributed by atoms with van der Waals surface area (Å²) in [6.45, 7) is 4.01. The van der Waals surface area contributed by atoms with Crippen molar-refractivity contribution in [3.05, 3.63) is 42.0 Å². The van der Waals surface area contributed by atoms with E-state index in [1.165, 1.54) is 17.7 Å². The second kappa shape index (κ2) is 7.75. The Morgan fingerprint density at radius 2 is 1.79 bits per heavy atom. The van der Waals surface area contributed by atoms with E-state index in [-0.39, 0.29) is 0 Å². The zero-order chi connectivity index (χ0) is 14.3. The van der Waals surface area contributed by atoms with E-state index < -0.39 is 21.3 Å². The molecule has 0 aliphatic rings. The van der Waals surface area contributed by atoms with Gasteiger partial charge in [0.15, 0.2) is 0 Å². The van der Waals surface area contributed by atoms with Gasteiger partial charge in [0.1, 0.15) is 0 Å². The number of rotatable bonds is 7. The minimum Gasteiger partial charge on any atom is -0.166 e. The lowest BCUT2D eigenvalue weighted by Gasteiger charge is -2.08. The average molecular weight is 307 g/mol. The van der Waals surface area contributed by atoms with E-state index in [1.807, 2.05) is 0 Å². The SMILES string of the molecule is C=C(CCCCCl)C[SiH2]c1ccc(C(F)(F)F)cc1. The van der Waals surface area contributed by atoms with Crippen molar-refractivity contribution in [2.45, 2.75) is 31.5 Å². The Labute approximate surface area is 119 Å². The smallest absolute Gasteiger partial charge is 0.166 e. The lowest BCUT2D eigenvalue weighted by Crippen LogP contribution is -2.15. The number of unbranched alkanes of at least 4 members (excludes halogenated alkanes) is 1. The van der Waals surface area contributed by atoms with Crippen LogP contribution in [0.2, 0.25) is 6.04 Å². The predicted molar refractivity (Wildman–Crippen MR) is 78.1 cm³/mol. The molecule has 0 saturated carbocycles. The van der Waals surface area contributed by atoms with Gasteiger partial charge in [0, 0.05) is 5.88 Å². The number of allylic oxidation sites excluding steroid dienone is 1. The maximum absolute atomic E-state index is 12.4. The van der Waals surface area contributed by atoms with Crippen molar-refractivity contribution in [2.24, 2.45) is 0 Å². The van der Waals surface area contributed by atoms with Crippen LogP contribution in [0.3, 0.4) is 0 Å². The molecule has 0 nitrogen and oxygen atoms in total. The maximum Gasteiger partial charge on any atom is 0.416 e. The molecule has 0 aliphatic heterocycles. The van der Waals surface area contributed by atoms with Gasteiger partial charge in [-0.25, -0.2) is 0 Å². The fourth-order valence-electron chi connectivity index (χ4n) is 1.78. The highest BCUT2D eigenvalue weighted by Crippen LogP contribution is 2.28. The molecular formula is C14H18ClF3Si. The highest BCUT2D eigenvalue weighted by Gasteiger charge is 2.29. The molecule has 0 spiro atoms. The Hall–Kier alpha value is -0.743. The van der Waals surface area contributed by atoms with Gasteiger partial charge >= 0.3 is 6.18 Å². The summed E-state index contributed by atoms with van der Waals surface area (Å²) in [7, 11) is -0.553. The second-order valence-corrected chi connectivity index (χ2v) is 6.79. The van der Waals surface area contributed by atoms with Gasteiger partial charge < -0.3 is 0 Å². The van der Waals surface area contributed by atoms with E-state index in [0.717, 1.165) is 30.5 Å². The molecule has 0 unspecified atom stereocenters. The first-order valence-electron chi connectivity index (χ1n) is 6.32. The maximum atomic E-state index is 12.4. The first kappa shape index (κ1) is 16.3. The molecule has 5 heteroatoms. The molecule has 0 saturated heterocycles. The fraction of sp³-hybridized carbons (Fsp3) is 0.429. The van der Waals surface area contributed by atoms with Crippen LogP contribution in [0.5, 0.6) is 0 Å². The molecule has 0 fully saturated rings. The standard InChI is InChI=1S/C14H18ClF3Si/c1-11(4-2-3-9-15)10-19-13-7-5-12(6-8-13)14(16,17)18/h5-8H,1-4,9-10,19H2. The minimum atomic E-state index is -4.24. The molecule has 0 aromatic heterocycles. The minimum absolute atomic E-state index is 0.553. The molecule has 0 N–H and O–H groups in total. The summed E-state index contributed by atoms with van der Waals surface area (Å²) in [6, 6.07) is 6.48. The van der Waals surface area contributed by atoms with Gasteiger partial charge in [0.25, 0.3) is 0 Å². The normalized spacial score (nSPS) is 12.2. The van der Waals surface area contributed by atoms with Gasteiger partial charge in [-0.15, -0.1) is 18.2 Å². The van der Waals surface area contributed by atoms with Crippen LogP contribution in [0.15, 0.2) is 36.4 Å². The molecular weight excluding hydrogens is 289 g/mol. The van der Waals surface area contributed by atoms with Gasteiger partial charge in [-0.1, -0.05) is 35.0 Å². The number of benzene rings is 1. The van der Waals surface area contributed by atoms with Crippen molar-refractivity contribution in [1.82, 2.24) is 0 Å². The lowest BCUT2D eigenvalue weighted by molar-refractivity contribution is -0.137. The Bertz CT molecular complexity index is 398. The van der Waals surface area contributed by atoms with E-state index in [1.54, 1.807) is 12.1 Å². The van der Waals surface area contributed by atoms with E-state index in [0.29, 0.717) is 5.88 Å². The van der Waals surface area contributed by atoms with Crippen LogP contribution in [-0.4, -0.2) is 15.4 Å². The summed E-state index contributed by atoms with van der Waals surface area (Å²) in [4.78, 5) is 0. The Balaban J connectivity index is 2.40. The number of halogens is 4. The van der Waals surface area contributed by atoms with Crippen molar-refractivity contribution in [1.29, 1.82) is 0 Å². The Morgan fingerprint density at radius 1 is 1.16 bits per heavy atom. The third-order valence-corrected chi connectivity index (χ3v) is 5.24. The number of hydrogen-bond donors (Lipinski definition) is 0. The highest BCUT2D eigenvalue weighted by atomic mass is 35.5. The topological polar surface area (TPSA) is 0 Å². The summed E-state index contributed by atoms with van der Waals surface area (Å²) in [6.07, 6.45) is -1.24. The van der Waals surface area contributed by atoms with E-state index in [9.17, 15) is 13.2 Å². The van der Waals surface area contributed by atoms with Crippen LogP contribution in [0, 0.1) is 0 Å². The zero-order valence-corrected chi connectivity index (χ0v) is 12.9. The van der Waals surface area contributed by atoms with Crippen LogP contribution in [0.25, 0.3) is 0 Å². The average Bonchev–Trinajstić information content (AvgIpc) is 2.36. The third-order valence-electron chi connectivity index (χ3n) is 2.96. The zero-order valence-electron chi connectivity index (χ0n) is 10.8. The van der Waals surface area contributed by atoms with Crippen LogP contribution in [0.1, 0.15) is 24.8 Å². The number of hydrogen-bond acceptors (Lipinski definition) is 0. The molecule has 0 radical (unpaired) electrons. The van der Waals surface area contributed by atoms with Crippen LogP contribution >= 0.6 is 11.6 Å². The first-order chi connectivity index (χ1) is 8.93. The van der Waals surface area contributed by atoms with Crippen LogP contribution in [0.4, 0.5) is 13.2 Å². The second-order valence-electron chi connectivity index (χ2n) is 4.59. The molecule has 1 aromatic carbocycles. The molecule has 0 amide bonds. The fourth-order valence-corrected chi connectivity index (χ4v) is 3.43. The summed E-state index contributed by atoms with van der Waals surface area (Å²) in [5.74, 6) is 0.670. The molecule has 0 atom stereocenters. The molecule has 106 valence electrons. The molecule has 19 heavy (non-hydrogen) atoms. The van der Waals surface area contributed by atoms with Crippen molar-refractivity contribution in [3.63, 3.8) is 0 Å². The van der Waals surface area contributed by atoms with Gasteiger partial charge in [-0.05, 0) is 25.3 Å². The molecule has 0 heterocycles. The Morgan fingerprint density at radius 3 is 2.32 bits per heavy atom. The number of alkyl halides is 4. The van der Waals surface area contributed by atoms with Crippen LogP contribution in [-0.2, 0) is 6.18 Å². The predicted octanol–water partition coefficient (Wildman–Crippen LogP) is 3.88. The van der Waals surface area contributed by atoms with Crippen LogP contribution < -0.4 is 5.19 Å². The van der Waals surface area contributed by atoms with Crippen molar-refractivity contribution >= 4 is 26.3 Å². The molecule has 0 bridgehead atoms. The summed E-state index contributed by atoms with van der Waals surface area (Å²) < 4.78 is 37.2. The summed E-state index contributed by atoms with van der Waals surface area (Å²) in [5, 5.41) is 1.05. The van der Waals surface area contributed by atoms with Gasteiger partial charge in [0.2, 0.25) is 0 Å². The van der Waals surface area contributed by atoms with Gasteiger partial charge in [-0.2, -0.15) is 13.2 Å². The summed E-state index contributed by atoms with van der Waals surface area (Å²) in [5.41, 5.74) is 0.614. The van der Waals surface area contributed by atoms with Crippen molar-refractivity contribution < 1.29 is 13.2 Å². The van der Waals surface area contributed by atoms with E-state index in [4.69, 9.17) is 11.6 Å². The van der Waals surface area contributed by atoms with E-state index >= 15 is 0 Å². The summed E-state index contributed by atoms with van der Waals surface area (Å²) >= 11 is 5.60. The van der Waals surface area contributed by atoms with Gasteiger partial charge in [-0.3, -0.25) is 0 Å². The van der Waals surface area contributed by atoms with E-state index in [2.05, 4.69) is 6.58 Å². The Kier molecular flexibility index (Phi) is 6.65. The monoisotopic (exact) mass is 306 g/mol. The quantitative estimate of drug-likeness (QED) is 0.310. The highest BCUT2D eigenvalue weighted by molar-refractivity contribution is 6.54. The lowest BCUT2D eigenvalue weighted by atomic mass is 10.1. The largest absolute Gasteiger partial charge is 0.416 e. The molecule has 0 aliphatic carbocycles. The third kappa shape index (κ3) is 6.30.